The van der Waals surface area contributed by atoms with Crippen LogP contribution < -0.4 is 4.74 Å². The van der Waals surface area contributed by atoms with E-state index >= 15 is 0 Å². The lowest BCUT2D eigenvalue weighted by Crippen LogP contribution is -2.10. The molecule has 0 bridgehead atoms. The number of ether oxygens (including phenoxy) is 2. The van der Waals surface area contributed by atoms with Crippen LogP contribution in [-0.4, -0.2) is 0 Å². The lowest BCUT2D eigenvalue weighted by atomic mass is 9.87. The highest BCUT2D eigenvalue weighted by Crippen LogP contribution is 2.32. The van der Waals surface area contributed by atoms with Crippen molar-refractivity contribution in [3.63, 3.8) is 0 Å². The van der Waals surface area contributed by atoms with Crippen molar-refractivity contribution in [1.82, 2.24) is 0 Å². The molecule has 0 N–H and O–H groups in total. The maximum Gasteiger partial charge on any atom is 0.129 e. The number of hydrogen-bond donors (Lipinski definition) is 0. The highest BCUT2D eigenvalue weighted by molar-refractivity contribution is 5.37. The van der Waals surface area contributed by atoms with E-state index in [1.807, 2.05) is 44.4 Å². The van der Waals surface area contributed by atoms with Crippen LogP contribution in [0.3, 0.4) is 0 Å². The fraction of sp³-hybridized carbons (Fsp3) is 0.333. The molecule has 32 heavy (non-hydrogen) atoms. The molecule has 2 atom stereocenters. The van der Waals surface area contributed by atoms with Gasteiger partial charge in [0.15, 0.2) is 0 Å². The molecular formula is C30H36O2. The van der Waals surface area contributed by atoms with Crippen molar-refractivity contribution in [1.29, 1.82) is 0 Å². The van der Waals surface area contributed by atoms with E-state index in [1.165, 1.54) is 22.3 Å². The van der Waals surface area contributed by atoms with Gasteiger partial charge in [0, 0.05) is 5.92 Å². The first-order chi connectivity index (χ1) is 15.4. The number of hydrogen-bond acceptors (Lipinski definition) is 2. The van der Waals surface area contributed by atoms with Crippen LogP contribution in [0.1, 0.15) is 69.9 Å². The molecule has 0 radical (unpaired) electrons. The molecular weight excluding hydrogens is 392 g/mol. The van der Waals surface area contributed by atoms with Crippen LogP contribution in [-0.2, 0) is 16.6 Å². The van der Waals surface area contributed by atoms with Crippen LogP contribution in [0.2, 0.25) is 0 Å². The number of rotatable bonds is 5. The molecule has 168 valence electrons. The van der Waals surface area contributed by atoms with Crippen LogP contribution in [0.5, 0.6) is 11.5 Å². The van der Waals surface area contributed by atoms with E-state index in [-0.39, 0.29) is 11.5 Å². The van der Waals surface area contributed by atoms with Gasteiger partial charge in [-0.1, -0.05) is 90.1 Å². The molecule has 0 aromatic heterocycles. The van der Waals surface area contributed by atoms with E-state index in [0.29, 0.717) is 5.92 Å². The average molecular weight is 429 g/mol. The molecule has 2 heteroatoms. The summed E-state index contributed by atoms with van der Waals surface area (Å²) in [6.07, 6.45) is 4.97. The third kappa shape index (κ3) is 6.03. The zero-order chi connectivity index (χ0) is 23.1. The molecule has 0 amide bonds. The lowest BCUT2D eigenvalue weighted by molar-refractivity contribution is 0.142. The smallest absolute Gasteiger partial charge is 0.129 e. The maximum atomic E-state index is 6.01. The molecule has 2 nitrogen and oxygen atoms in total. The molecule has 1 aliphatic heterocycles. The lowest BCUT2D eigenvalue weighted by Gasteiger charge is -2.19. The first-order valence-corrected chi connectivity index (χ1v) is 11.7. The summed E-state index contributed by atoms with van der Waals surface area (Å²) in [6.45, 7) is 12.8. The summed E-state index contributed by atoms with van der Waals surface area (Å²) in [5, 5.41) is 0. The van der Waals surface area contributed by atoms with Gasteiger partial charge in [-0.25, -0.2) is 0 Å². The van der Waals surface area contributed by atoms with Crippen molar-refractivity contribution in [2.45, 2.75) is 59.5 Å². The second kappa shape index (κ2) is 10.5. The van der Waals surface area contributed by atoms with E-state index in [0.717, 1.165) is 17.9 Å². The Kier molecular flexibility index (Phi) is 7.80. The standard InChI is InChI=1S/C28H30O2.C2H6/c1-20-17-18-29-27(20)23-9-5-21(6-10-23)19-22-7-13-25(14-8-22)30-26-15-11-24(12-16-26)28(2,3)4;1-2/h5-18,20,27H,19H2,1-4H3;1-2H3. The first-order valence-electron chi connectivity index (χ1n) is 11.7. The summed E-state index contributed by atoms with van der Waals surface area (Å²) in [7, 11) is 0. The van der Waals surface area contributed by atoms with E-state index in [4.69, 9.17) is 9.47 Å². The Labute approximate surface area is 193 Å². The van der Waals surface area contributed by atoms with E-state index in [9.17, 15) is 0 Å². The first kappa shape index (κ1) is 23.7. The van der Waals surface area contributed by atoms with Crippen molar-refractivity contribution < 1.29 is 9.47 Å². The van der Waals surface area contributed by atoms with Crippen molar-refractivity contribution in [3.8, 4) is 11.5 Å². The summed E-state index contributed by atoms with van der Waals surface area (Å²) in [5.41, 5.74) is 5.26. The SMILES string of the molecule is CC.CC1C=COC1c1ccc(Cc2ccc(Oc3ccc(C(C)(C)C)cc3)cc2)cc1. The third-order valence-corrected chi connectivity index (χ3v) is 5.68. The fourth-order valence-electron chi connectivity index (χ4n) is 3.76. The second-order valence-corrected chi connectivity index (χ2v) is 9.18. The van der Waals surface area contributed by atoms with Gasteiger partial charge in [0.25, 0.3) is 0 Å². The van der Waals surface area contributed by atoms with Gasteiger partial charge in [-0.3, -0.25) is 0 Å². The minimum atomic E-state index is 0.146. The summed E-state index contributed by atoms with van der Waals surface area (Å²) in [5.74, 6) is 2.15. The Morgan fingerprint density at radius 1 is 0.750 bits per heavy atom. The third-order valence-electron chi connectivity index (χ3n) is 5.68. The average Bonchev–Trinajstić information content (AvgIpc) is 3.23. The van der Waals surface area contributed by atoms with E-state index < -0.39 is 0 Å². The topological polar surface area (TPSA) is 18.5 Å². The van der Waals surface area contributed by atoms with Gasteiger partial charge in [-0.15, -0.1) is 0 Å². The summed E-state index contributed by atoms with van der Waals surface area (Å²) in [6, 6.07) is 25.5. The molecule has 2 unspecified atom stereocenters. The highest BCUT2D eigenvalue weighted by Gasteiger charge is 2.21. The molecule has 1 heterocycles. The largest absolute Gasteiger partial charge is 0.493 e. The Bertz CT molecular complexity index is 991. The Hall–Kier alpha value is -3.00. The highest BCUT2D eigenvalue weighted by atomic mass is 16.5. The maximum absolute atomic E-state index is 6.01. The van der Waals surface area contributed by atoms with Crippen molar-refractivity contribution >= 4 is 0 Å². The zero-order valence-corrected chi connectivity index (χ0v) is 20.3. The van der Waals surface area contributed by atoms with Crippen molar-refractivity contribution in [2.24, 2.45) is 5.92 Å². The quantitative estimate of drug-likeness (QED) is 0.405. The molecule has 3 aromatic carbocycles. The molecule has 0 saturated carbocycles. The monoisotopic (exact) mass is 428 g/mol. The Morgan fingerprint density at radius 3 is 1.72 bits per heavy atom. The summed E-state index contributed by atoms with van der Waals surface area (Å²) >= 11 is 0. The predicted octanol–water partition coefficient (Wildman–Crippen LogP) is 8.61. The minimum absolute atomic E-state index is 0.146. The minimum Gasteiger partial charge on any atom is -0.493 e. The zero-order valence-electron chi connectivity index (χ0n) is 20.3. The van der Waals surface area contributed by atoms with Gasteiger partial charge in [0.2, 0.25) is 0 Å². The Balaban J connectivity index is 0.00000141. The van der Waals surface area contributed by atoms with Crippen LogP contribution in [0.15, 0.2) is 85.1 Å². The predicted molar refractivity (Wildman–Crippen MR) is 134 cm³/mol. The van der Waals surface area contributed by atoms with Crippen LogP contribution in [0.4, 0.5) is 0 Å². The van der Waals surface area contributed by atoms with E-state index in [2.05, 4.69) is 82.3 Å². The normalized spacial score (nSPS) is 17.3. The summed E-state index contributed by atoms with van der Waals surface area (Å²) < 4.78 is 11.7. The van der Waals surface area contributed by atoms with Gasteiger partial charge in [-0.2, -0.15) is 0 Å². The van der Waals surface area contributed by atoms with Gasteiger partial charge in [0.1, 0.15) is 17.6 Å². The molecule has 1 aliphatic rings. The van der Waals surface area contributed by atoms with Crippen molar-refractivity contribution in [2.75, 3.05) is 0 Å². The van der Waals surface area contributed by atoms with Gasteiger partial charge >= 0.3 is 0 Å². The van der Waals surface area contributed by atoms with Gasteiger partial charge in [0.05, 0.1) is 6.26 Å². The molecule has 0 saturated heterocycles. The van der Waals surface area contributed by atoms with Crippen LogP contribution >= 0.6 is 0 Å². The molecule has 3 aromatic rings. The van der Waals surface area contributed by atoms with Crippen LogP contribution in [0.25, 0.3) is 0 Å². The molecule has 0 fully saturated rings. The van der Waals surface area contributed by atoms with Crippen molar-refractivity contribution in [3.05, 3.63) is 107 Å². The van der Waals surface area contributed by atoms with Gasteiger partial charge in [-0.05, 0) is 64.4 Å². The van der Waals surface area contributed by atoms with E-state index in [1.54, 1.807) is 0 Å². The molecule has 0 spiro atoms. The van der Waals surface area contributed by atoms with Crippen LogP contribution in [0, 0.1) is 5.92 Å². The molecule has 0 aliphatic carbocycles. The Morgan fingerprint density at radius 2 is 1.25 bits per heavy atom. The second-order valence-electron chi connectivity index (χ2n) is 9.18. The summed E-state index contributed by atoms with van der Waals surface area (Å²) in [4.78, 5) is 0. The van der Waals surface area contributed by atoms with Gasteiger partial charge < -0.3 is 9.47 Å². The molecule has 4 rings (SSSR count). The number of benzene rings is 3. The fourth-order valence-corrected chi connectivity index (χ4v) is 3.76.